The van der Waals surface area contributed by atoms with Gasteiger partial charge in [0.05, 0.1) is 6.61 Å². The molecular formula is C15H26N2O4. The van der Waals surface area contributed by atoms with Crippen molar-refractivity contribution in [2.45, 2.75) is 63.5 Å². The molecule has 2 atom stereocenters. The van der Waals surface area contributed by atoms with E-state index >= 15 is 0 Å². The maximum absolute atomic E-state index is 12.5. The average molecular weight is 298 g/mol. The average Bonchev–Trinajstić information content (AvgIpc) is 2.35. The van der Waals surface area contributed by atoms with Gasteiger partial charge in [0, 0.05) is 12.6 Å². The molecule has 2 unspecified atom stereocenters. The zero-order valence-electron chi connectivity index (χ0n) is 12.7. The van der Waals surface area contributed by atoms with Crippen LogP contribution < -0.4 is 5.32 Å². The molecule has 2 amide bonds. The number of urea groups is 1. The molecule has 2 aliphatic carbocycles. The van der Waals surface area contributed by atoms with Gasteiger partial charge in [0.25, 0.3) is 0 Å². The van der Waals surface area contributed by atoms with Crippen molar-refractivity contribution >= 4 is 12.0 Å². The number of nitrogens with one attached hydrogen (secondary N) is 1. The van der Waals surface area contributed by atoms with Crippen molar-refractivity contribution in [2.24, 2.45) is 5.92 Å². The highest BCUT2D eigenvalue weighted by molar-refractivity contribution is 5.86. The van der Waals surface area contributed by atoms with Crippen molar-refractivity contribution in [2.75, 3.05) is 13.2 Å². The minimum Gasteiger partial charge on any atom is -0.480 e. The summed E-state index contributed by atoms with van der Waals surface area (Å²) in [6.07, 6.45) is 5.74. The predicted octanol–water partition coefficient (Wildman–Crippen LogP) is 1.58. The monoisotopic (exact) mass is 298 g/mol. The summed E-state index contributed by atoms with van der Waals surface area (Å²) in [6, 6.07) is -0.200. The van der Waals surface area contributed by atoms with Gasteiger partial charge in [0.1, 0.15) is 5.54 Å². The van der Waals surface area contributed by atoms with E-state index in [0.29, 0.717) is 18.8 Å². The zero-order chi connectivity index (χ0) is 15.5. The van der Waals surface area contributed by atoms with Crippen LogP contribution in [0.4, 0.5) is 4.79 Å². The van der Waals surface area contributed by atoms with Crippen LogP contribution in [0.15, 0.2) is 0 Å². The Balaban J connectivity index is 2.07. The number of carbonyl (C=O) groups is 2. The number of amides is 2. The van der Waals surface area contributed by atoms with E-state index in [1.165, 1.54) is 0 Å². The lowest BCUT2D eigenvalue weighted by atomic mass is 9.76. The van der Waals surface area contributed by atoms with E-state index in [1.54, 1.807) is 4.90 Å². The van der Waals surface area contributed by atoms with Crippen LogP contribution in [-0.4, -0.2) is 51.8 Å². The highest BCUT2D eigenvalue weighted by Gasteiger charge is 2.44. The molecule has 0 heterocycles. The van der Waals surface area contributed by atoms with Crippen LogP contribution in [0.5, 0.6) is 0 Å². The summed E-state index contributed by atoms with van der Waals surface area (Å²) in [4.78, 5) is 25.8. The van der Waals surface area contributed by atoms with Crippen molar-refractivity contribution in [1.29, 1.82) is 0 Å². The lowest BCUT2D eigenvalue weighted by Crippen LogP contribution is -2.61. The lowest BCUT2D eigenvalue weighted by molar-refractivity contribution is -0.146. The second-order valence-electron chi connectivity index (χ2n) is 6.52. The summed E-state index contributed by atoms with van der Waals surface area (Å²) in [6.45, 7) is 2.20. The number of rotatable bonds is 5. The smallest absolute Gasteiger partial charge is 0.329 e. The normalized spacial score (nSPS) is 29.5. The van der Waals surface area contributed by atoms with E-state index in [2.05, 4.69) is 5.32 Å². The van der Waals surface area contributed by atoms with Gasteiger partial charge in [-0.15, -0.1) is 0 Å². The van der Waals surface area contributed by atoms with E-state index in [1.807, 2.05) is 6.92 Å². The molecule has 2 aliphatic rings. The third kappa shape index (κ3) is 3.48. The number of hydrogen-bond donors (Lipinski definition) is 3. The molecule has 0 aromatic heterocycles. The topological polar surface area (TPSA) is 89.9 Å². The molecule has 6 heteroatoms. The van der Waals surface area contributed by atoms with E-state index in [-0.39, 0.29) is 25.2 Å². The lowest BCUT2D eigenvalue weighted by Gasteiger charge is -2.42. The number of carboxylic acids is 1. The van der Waals surface area contributed by atoms with Crippen molar-refractivity contribution < 1.29 is 19.8 Å². The van der Waals surface area contributed by atoms with Gasteiger partial charge in [-0.1, -0.05) is 19.8 Å². The largest absolute Gasteiger partial charge is 0.480 e. The fourth-order valence-electron chi connectivity index (χ4n) is 3.45. The van der Waals surface area contributed by atoms with Crippen molar-refractivity contribution in [3.8, 4) is 0 Å². The summed E-state index contributed by atoms with van der Waals surface area (Å²) in [7, 11) is 0. The van der Waals surface area contributed by atoms with E-state index in [4.69, 9.17) is 5.11 Å². The summed E-state index contributed by atoms with van der Waals surface area (Å²) >= 11 is 0. The SMILES string of the molecule is CC1CCCC(NC(=O)N(CCO)C2CCC2)(C(=O)O)C1. The molecule has 0 aromatic carbocycles. The molecular weight excluding hydrogens is 272 g/mol. The summed E-state index contributed by atoms with van der Waals surface area (Å²) in [5.74, 6) is -0.648. The van der Waals surface area contributed by atoms with Gasteiger partial charge in [-0.25, -0.2) is 9.59 Å². The van der Waals surface area contributed by atoms with Crippen LogP contribution in [0, 0.1) is 5.92 Å². The van der Waals surface area contributed by atoms with Crippen molar-refractivity contribution in [3.63, 3.8) is 0 Å². The second kappa shape index (κ2) is 6.64. The number of hydrogen-bond acceptors (Lipinski definition) is 3. The van der Waals surface area contributed by atoms with E-state index in [0.717, 1.165) is 32.1 Å². The Hall–Kier alpha value is -1.30. The third-order valence-corrected chi connectivity index (χ3v) is 4.87. The highest BCUT2D eigenvalue weighted by atomic mass is 16.4. The van der Waals surface area contributed by atoms with Crippen molar-refractivity contribution in [1.82, 2.24) is 10.2 Å². The molecule has 2 saturated carbocycles. The van der Waals surface area contributed by atoms with Crippen molar-refractivity contribution in [3.05, 3.63) is 0 Å². The number of carbonyl (C=O) groups excluding carboxylic acids is 1. The summed E-state index contributed by atoms with van der Waals surface area (Å²) in [5, 5.41) is 21.5. The molecule has 0 bridgehead atoms. The number of aliphatic carboxylic acids is 1. The maximum Gasteiger partial charge on any atom is 0.329 e. The first kappa shape index (κ1) is 16.1. The van der Waals surface area contributed by atoms with Crippen LogP contribution in [-0.2, 0) is 4.79 Å². The first-order valence-corrected chi connectivity index (χ1v) is 7.91. The van der Waals surface area contributed by atoms with Crippen LogP contribution in [0.25, 0.3) is 0 Å². The Morgan fingerprint density at radius 1 is 1.29 bits per heavy atom. The van der Waals surface area contributed by atoms with Crippen LogP contribution in [0.1, 0.15) is 51.9 Å². The Bertz CT molecular complexity index is 397. The number of aliphatic hydroxyl groups excluding tert-OH is 1. The van der Waals surface area contributed by atoms with Gasteiger partial charge in [-0.3, -0.25) is 0 Å². The van der Waals surface area contributed by atoms with Gasteiger partial charge in [0.15, 0.2) is 0 Å². The molecule has 2 fully saturated rings. The Labute approximate surface area is 125 Å². The highest BCUT2D eigenvalue weighted by Crippen LogP contribution is 2.33. The fraction of sp³-hybridized carbons (Fsp3) is 0.867. The van der Waals surface area contributed by atoms with Crippen LogP contribution in [0.3, 0.4) is 0 Å². The molecule has 21 heavy (non-hydrogen) atoms. The van der Waals surface area contributed by atoms with Crippen LogP contribution in [0.2, 0.25) is 0 Å². The fourth-order valence-corrected chi connectivity index (χ4v) is 3.45. The van der Waals surface area contributed by atoms with E-state index < -0.39 is 11.5 Å². The molecule has 0 aliphatic heterocycles. The van der Waals surface area contributed by atoms with E-state index in [9.17, 15) is 14.7 Å². The number of nitrogens with zero attached hydrogens (tertiary/aromatic N) is 1. The standard InChI is InChI=1S/C15H26N2O4/c1-11-4-3-7-15(10-11,13(19)20)16-14(21)17(8-9-18)12-5-2-6-12/h11-12,18H,2-10H2,1H3,(H,16,21)(H,19,20). The molecule has 2 rings (SSSR count). The number of carboxylic acid groups (broad SMARTS) is 1. The molecule has 6 nitrogen and oxygen atoms in total. The molecule has 0 aromatic rings. The molecule has 0 radical (unpaired) electrons. The first-order valence-electron chi connectivity index (χ1n) is 7.91. The summed E-state index contributed by atoms with van der Waals surface area (Å²) < 4.78 is 0. The maximum atomic E-state index is 12.5. The molecule has 0 saturated heterocycles. The quantitative estimate of drug-likeness (QED) is 0.719. The minimum absolute atomic E-state index is 0.0968. The van der Waals surface area contributed by atoms with Gasteiger partial charge in [-0.05, 0) is 38.0 Å². The van der Waals surface area contributed by atoms with Gasteiger partial charge >= 0.3 is 12.0 Å². The Kier molecular flexibility index (Phi) is 5.08. The Morgan fingerprint density at radius 2 is 2.00 bits per heavy atom. The van der Waals surface area contributed by atoms with Gasteiger partial charge in [0.2, 0.25) is 0 Å². The molecule has 120 valence electrons. The van der Waals surface area contributed by atoms with Crippen LogP contribution >= 0.6 is 0 Å². The molecule has 3 N–H and O–H groups in total. The first-order chi connectivity index (χ1) is 9.98. The number of aliphatic hydroxyl groups is 1. The van der Waals surface area contributed by atoms with Gasteiger partial charge in [-0.2, -0.15) is 0 Å². The summed E-state index contributed by atoms with van der Waals surface area (Å²) in [5.41, 5.74) is -1.15. The molecule has 0 spiro atoms. The van der Waals surface area contributed by atoms with Gasteiger partial charge < -0.3 is 20.4 Å². The predicted molar refractivity (Wildman–Crippen MR) is 78.0 cm³/mol. The minimum atomic E-state index is -1.15. The zero-order valence-corrected chi connectivity index (χ0v) is 12.7. The Morgan fingerprint density at radius 3 is 2.48 bits per heavy atom. The second-order valence-corrected chi connectivity index (χ2v) is 6.52. The third-order valence-electron chi connectivity index (χ3n) is 4.87.